The Labute approximate surface area is 142 Å². The lowest BCUT2D eigenvalue weighted by Gasteiger charge is -2.27. The summed E-state index contributed by atoms with van der Waals surface area (Å²) in [6, 6.07) is 14.8. The number of furan rings is 2. The van der Waals surface area contributed by atoms with Crippen LogP contribution < -0.4 is 5.32 Å². The Morgan fingerprint density at radius 1 is 1.08 bits per heavy atom. The maximum Gasteiger partial charge on any atom is 0.134 e. The highest BCUT2D eigenvalue weighted by molar-refractivity contribution is 5.77. The molecule has 4 rings (SSSR count). The van der Waals surface area contributed by atoms with Gasteiger partial charge in [0.1, 0.15) is 17.1 Å². The Balaban J connectivity index is 1.46. The van der Waals surface area contributed by atoms with Gasteiger partial charge in [0.05, 0.1) is 18.3 Å². The largest absolute Gasteiger partial charge is 0.468 e. The normalized spacial score (nSPS) is 18.2. The minimum atomic E-state index is 0.164. The van der Waals surface area contributed by atoms with E-state index < -0.39 is 0 Å². The number of benzene rings is 1. The van der Waals surface area contributed by atoms with Crippen molar-refractivity contribution in [2.24, 2.45) is 0 Å². The predicted molar refractivity (Wildman–Crippen MR) is 94.9 cm³/mol. The summed E-state index contributed by atoms with van der Waals surface area (Å²) in [5.74, 6) is 2.03. The molecule has 1 aliphatic rings. The molecular formula is C20H24N2O2. The van der Waals surface area contributed by atoms with Gasteiger partial charge in [-0.1, -0.05) is 18.2 Å². The zero-order valence-corrected chi connectivity index (χ0v) is 14.1. The fourth-order valence-electron chi connectivity index (χ4n) is 3.55. The maximum atomic E-state index is 5.98. The highest BCUT2D eigenvalue weighted by Crippen LogP contribution is 2.27. The molecule has 1 aliphatic heterocycles. The van der Waals surface area contributed by atoms with E-state index in [0.717, 1.165) is 42.1 Å². The molecule has 2 atom stereocenters. The summed E-state index contributed by atoms with van der Waals surface area (Å²) in [7, 11) is 0. The molecule has 0 bridgehead atoms. The number of nitrogens with zero attached hydrogens (tertiary/aromatic N) is 1. The first-order chi connectivity index (χ1) is 11.8. The van der Waals surface area contributed by atoms with E-state index in [0.29, 0.717) is 0 Å². The van der Waals surface area contributed by atoms with Gasteiger partial charge < -0.3 is 14.2 Å². The zero-order valence-electron chi connectivity index (χ0n) is 14.1. The van der Waals surface area contributed by atoms with E-state index in [1.165, 1.54) is 12.8 Å². The van der Waals surface area contributed by atoms with Gasteiger partial charge in [0.15, 0.2) is 0 Å². The first-order valence-electron chi connectivity index (χ1n) is 8.80. The van der Waals surface area contributed by atoms with Gasteiger partial charge in [0.25, 0.3) is 0 Å². The summed E-state index contributed by atoms with van der Waals surface area (Å²) in [5.41, 5.74) is 0.947. The van der Waals surface area contributed by atoms with Crippen LogP contribution in [0.25, 0.3) is 11.0 Å². The molecule has 0 aliphatic carbocycles. The number of nitrogens with one attached hydrogen (secondary N) is 1. The number of rotatable bonds is 6. The molecule has 1 saturated heterocycles. The third kappa shape index (κ3) is 3.12. The van der Waals surface area contributed by atoms with Gasteiger partial charge in [-0.3, -0.25) is 4.90 Å². The van der Waals surface area contributed by atoms with Gasteiger partial charge >= 0.3 is 0 Å². The molecule has 3 heterocycles. The fourth-order valence-corrected chi connectivity index (χ4v) is 3.55. The minimum absolute atomic E-state index is 0.164. The van der Waals surface area contributed by atoms with Gasteiger partial charge in [-0.05, 0) is 57.1 Å². The number of para-hydroxylation sites is 1. The summed E-state index contributed by atoms with van der Waals surface area (Å²) < 4.78 is 11.7. The summed E-state index contributed by atoms with van der Waals surface area (Å²) in [5, 5.41) is 4.79. The Morgan fingerprint density at radius 3 is 2.67 bits per heavy atom. The van der Waals surface area contributed by atoms with E-state index in [2.05, 4.69) is 35.3 Å². The monoisotopic (exact) mass is 324 g/mol. The number of fused-ring (bicyclic) bond motifs is 1. The number of hydrogen-bond acceptors (Lipinski definition) is 4. The van der Waals surface area contributed by atoms with E-state index >= 15 is 0 Å². The molecular weight excluding hydrogens is 300 g/mol. The van der Waals surface area contributed by atoms with Crippen LogP contribution >= 0.6 is 0 Å². The molecule has 4 heteroatoms. The number of likely N-dealkylation sites (tertiary alicyclic amines) is 1. The van der Waals surface area contributed by atoms with Crippen LogP contribution in [-0.2, 0) is 0 Å². The molecule has 0 spiro atoms. The summed E-state index contributed by atoms with van der Waals surface area (Å²) in [6.07, 6.45) is 4.31. The quantitative estimate of drug-likeness (QED) is 0.724. The first-order valence-corrected chi connectivity index (χ1v) is 8.80. The lowest BCUT2D eigenvalue weighted by atomic mass is 10.1. The van der Waals surface area contributed by atoms with E-state index in [4.69, 9.17) is 8.83 Å². The van der Waals surface area contributed by atoms with Gasteiger partial charge in [-0.25, -0.2) is 0 Å². The Hall–Kier alpha value is -2.04. The Morgan fingerprint density at radius 2 is 1.92 bits per heavy atom. The van der Waals surface area contributed by atoms with Gasteiger partial charge in [-0.15, -0.1) is 0 Å². The van der Waals surface area contributed by atoms with Gasteiger partial charge in [0.2, 0.25) is 0 Å². The van der Waals surface area contributed by atoms with E-state index in [1.807, 2.05) is 24.3 Å². The smallest absolute Gasteiger partial charge is 0.134 e. The maximum absolute atomic E-state index is 5.98. The lowest BCUT2D eigenvalue weighted by Crippen LogP contribution is -2.34. The van der Waals surface area contributed by atoms with Crippen LogP contribution in [0.2, 0.25) is 0 Å². The molecule has 2 aromatic heterocycles. The van der Waals surface area contributed by atoms with E-state index in [9.17, 15) is 0 Å². The van der Waals surface area contributed by atoms with Crippen molar-refractivity contribution in [3.05, 3.63) is 60.2 Å². The van der Waals surface area contributed by atoms with E-state index in [-0.39, 0.29) is 12.1 Å². The lowest BCUT2D eigenvalue weighted by molar-refractivity contribution is 0.204. The zero-order chi connectivity index (χ0) is 16.4. The van der Waals surface area contributed by atoms with Crippen LogP contribution in [0, 0.1) is 0 Å². The molecule has 0 radical (unpaired) electrons. The molecule has 126 valence electrons. The molecule has 4 nitrogen and oxygen atoms in total. The van der Waals surface area contributed by atoms with E-state index in [1.54, 1.807) is 6.26 Å². The summed E-state index contributed by atoms with van der Waals surface area (Å²) in [6.45, 7) is 5.30. The standard InChI is InChI=1S/C20H24N2O2/c1-15(20-13-16-7-2-3-8-18(16)24-20)21-14-17(19-9-6-12-23-19)22-10-4-5-11-22/h2-3,6-9,12-13,15,17,21H,4-5,10-11,14H2,1H3. The fraction of sp³-hybridized carbons (Fsp3) is 0.400. The average Bonchev–Trinajstić information content (AvgIpc) is 3.35. The van der Waals surface area contributed by atoms with Crippen LogP contribution in [0.4, 0.5) is 0 Å². The summed E-state index contributed by atoms with van der Waals surface area (Å²) in [4.78, 5) is 2.51. The van der Waals surface area contributed by atoms with Crippen molar-refractivity contribution in [2.45, 2.75) is 31.8 Å². The molecule has 1 aromatic carbocycles. The first kappa shape index (κ1) is 15.5. The molecule has 1 N–H and O–H groups in total. The van der Waals surface area contributed by atoms with Crippen molar-refractivity contribution >= 4 is 11.0 Å². The van der Waals surface area contributed by atoms with Crippen molar-refractivity contribution in [2.75, 3.05) is 19.6 Å². The second-order valence-electron chi connectivity index (χ2n) is 6.59. The van der Waals surface area contributed by atoms with Crippen LogP contribution in [0.3, 0.4) is 0 Å². The molecule has 0 saturated carbocycles. The van der Waals surface area contributed by atoms with Crippen molar-refractivity contribution in [3.8, 4) is 0 Å². The van der Waals surface area contributed by atoms with Crippen LogP contribution in [0.15, 0.2) is 57.6 Å². The Bertz CT molecular complexity index is 739. The second-order valence-corrected chi connectivity index (χ2v) is 6.59. The van der Waals surface area contributed by atoms with Gasteiger partial charge in [0, 0.05) is 11.9 Å². The molecule has 1 fully saturated rings. The predicted octanol–water partition coefficient (Wildman–Crippen LogP) is 4.51. The molecule has 2 unspecified atom stereocenters. The second kappa shape index (κ2) is 6.83. The highest BCUT2D eigenvalue weighted by Gasteiger charge is 2.26. The summed E-state index contributed by atoms with van der Waals surface area (Å²) >= 11 is 0. The third-order valence-corrected chi connectivity index (χ3v) is 4.94. The third-order valence-electron chi connectivity index (χ3n) is 4.94. The highest BCUT2D eigenvalue weighted by atomic mass is 16.3. The average molecular weight is 324 g/mol. The van der Waals surface area contributed by atoms with Crippen molar-refractivity contribution in [1.29, 1.82) is 0 Å². The van der Waals surface area contributed by atoms with Crippen LogP contribution in [0.1, 0.15) is 43.4 Å². The van der Waals surface area contributed by atoms with Crippen molar-refractivity contribution in [3.63, 3.8) is 0 Å². The van der Waals surface area contributed by atoms with Crippen molar-refractivity contribution in [1.82, 2.24) is 10.2 Å². The van der Waals surface area contributed by atoms with Crippen LogP contribution in [-0.4, -0.2) is 24.5 Å². The van der Waals surface area contributed by atoms with Crippen molar-refractivity contribution < 1.29 is 8.83 Å². The SMILES string of the molecule is CC(NCC(c1ccco1)N1CCCC1)c1cc2ccccc2o1. The number of hydrogen-bond donors (Lipinski definition) is 1. The molecule has 24 heavy (non-hydrogen) atoms. The van der Waals surface area contributed by atoms with Gasteiger partial charge in [-0.2, -0.15) is 0 Å². The molecule has 0 amide bonds. The topological polar surface area (TPSA) is 41.6 Å². The Kier molecular flexibility index (Phi) is 4.41. The van der Waals surface area contributed by atoms with Crippen LogP contribution in [0.5, 0.6) is 0 Å². The molecule has 3 aromatic rings. The minimum Gasteiger partial charge on any atom is -0.468 e.